The number of aromatic nitrogens is 2. The Balaban J connectivity index is 2.57. The monoisotopic (exact) mass is 303 g/mol. The Morgan fingerprint density at radius 3 is 2.88 bits per heavy atom. The number of nitrogens with two attached hydrogens (primary N) is 1. The van der Waals surface area contributed by atoms with Gasteiger partial charge in [-0.05, 0) is 34.1 Å². The summed E-state index contributed by atoms with van der Waals surface area (Å²) in [5.41, 5.74) is 6.26. The van der Waals surface area contributed by atoms with Crippen LogP contribution in [0.5, 0.6) is 0 Å². The summed E-state index contributed by atoms with van der Waals surface area (Å²) >= 11 is 9.09. The van der Waals surface area contributed by atoms with Crippen LogP contribution in [0.2, 0.25) is 5.02 Å². The van der Waals surface area contributed by atoms with E-state index in [-0.39, 0.29) is 12.4 Å². The maximum absolute atomic E-state index is 13.6. The van der Waals surface area contributed by atoms with Gasteiger partial charge in [-0.15, -0.1) is 0 Å². The van der Waals surface area contributed by atoms with Gasteiger partial charge in [0.25, 0.3) is 0 Å². The molecule has 16 heavy (non-hydrogen) atoms. The molecule has 0 spiro atoms. The molecule has 2 aromatic rings. The Bertz CT molecular complexity index is 527. The van der Waals surface area contributed by atoms with Crippen LogP contribution in [-0.4, -0.2) is 9.97 Å². The lowest BCUT2D eigenvalue weighted by Gasteiger charge is -2.00. The molecule has 0 radical (unpaired) electrons. The summed E-state index contributed by atoms with van der Waals surface area (Å²) in [6, 6.07) is 4.32. The molecule has 3 nitrogen and oxygen atoms in total. The fraction of sp³-hybridized carbons (Fsp3) is 0.100. The van der Waals surface area contributed by atoms with Gasteiger partial charge < -0.3 is 10.7 Å². The van der Waals surface area contributed by atoms with Gasteiger partial charge in [0.2, 0.25) is 0 Å². The number of nitrogens with one attached hydrogen (secondary N) is 1. The lowest BCUT2D eigenvalue weighted by molar-refractivity contribution is 0.630. The molecular formula is C10H8BrClFN3. The van der Waals surface area contributed by atoms with Gasteiger partial charge in [-0.25, -0.2) is 9.37 Å². The summed E-state index contributed by atoms with van der Waals surface area (Å²) in [7, 11) is 0. The molecule has 0 saturated carbocycles. The zero-order chi connectivity index (χ0) is 11.7. The van der Waals surface area contributed by atoms with Gasteiger partial charge in [0.15, 0.2) is 0 Å². The first kappa shape index (κ1) is 11.6. The number of H-pyrrole nitrogens is 1. The minimum Gasteiger partial charge on any atom is -0.335 e. The van der Waals surface area contributed by atoms with E-state index in [9.17, 15) is 4.39 Å². The predicted octanol–water partition coefficient (Wildman–Crippen LogP) is 3.09. The van der Waals surface area contributed by atoms with Crippen LogP contribution in [0.1, 0.15) is 5.82 Å². The standard InChI is InChI=1S/C10H8BrClFN3/c11-10-9(15-8(4-14)16-10)6-3-5(12)1-2-7(6)13/h1-3H,4,14H2,(H,15,16). The second kappa shape index (κ2) is 4.53. The first-order chi connectivity index (χ1) is 7.61. The lowest BCUT2D eigenvalue weighted by Crippen LogP contribution is -1.98. The zero-order valence-corrected chi connectivity index (χ0v) is 10.4. The lowest BCUT2D eigenvalue weighted by atomic mass is 10.1. The van der Waals surface area contributed by atoms with E-state index in [1.54, 1.807) is 0 Å². The molecule has 0 bridgehead atoms. The van der Waals surface area contributed by atoms with Crippen molar-refractivity contribution in [1.29, 1.82) is 0 Å². The Morgan fingerprint density at radius 2 is 2.25 bits per heavy atom. The summed E-state index contributed by atoms with van der Waals surface area (Å²) in [4.78, 5) is 7.08. The van der Waals surface area contributed by atoms with Gasteiger partial charge in [0.1, 0.15) is 21.9 Å². The van der Waals surface area contributed by atoms with Crippen molar-refractivity contribution in [2.75, 3.05) is 0 Å². The van der Waals surface area contributed by atoms with E-state index in [4.69, 9.17) is 17.3 Å². The van der Waals surface area contributed by atoms with Crippen LogP contribution in [0.4, 0.5) is 4.39 Å². The van der Waals surface area contributed by atoms with Crippen LogP contribution >= 0.6 is 27.5 Å². The molecule has 6 heteroatoms. The minimum atomic E-state index is -0.375. The molecular weight excluding hydrogens is 296 g/mol. The molecule has 0 aliphatic carbocycles. The second-order valence-electron chi connectivity index (χ2n) is 3.17. The van der Waals surface area contributed by atoms with Crippen LogP contribution in [0.25, 0.3) is 11.3 Å². The normalized spacial score (nSPS) is 10.8. The SMILES string of the molecule is NCc1nc(-c2cc(Cl)ccc2F)c(Br)[nH]1. The number of aromatic amines is 1. The van der Waals surface area contributed by atoms with Crippen LogP contribution < -0.4 is 5.73 Å². The highest BCUT2D eigenvalue weighted by Crippen LogP contribution is 2.30. The highest BCUT2D eigenvalue weighted by molar-refractivity contribution is 9.10. The molecule has 3 N–H and O–H groups in total. The molecule has 0 aliphatic rings. The van der Waals surface area contributed by atoms with Gasteiger partial charge in [0, 0.05) is 10.6 Å². The third-order valence-corrected chi connectivity index (χ3v) is 2.89. The van der Waals surface area contributed by atoms with Crippen LogP contribution in [0, 0.1) is 5.82 Å². The van der Waals surface area contributed by atoms with Gasteiger partial charge in [-0.2, -0.15) is 0 Å². The zero-order valence-electron chi connectivity index (χ0n) is 8.10. The number of nitrogens with zero attached hydrogens (tertiary/aromatic N) is 1. The van der Waals surface area contributed by atoms with Crippen molar-refractivity contribution in [3.63, 3.8) is 0 Å². The molecule has 0 atom stereocenters. The topological polar surface area (TPSA) is 54.7 Å². The van der Waals surface area contributed by atoms with Crippen molar-refractivity contribution in [3.05, 3.63) is 39.5 Å². The van der Waals surface area contributed by atoms with Crippen molar-refractivity contribution in [3.8, 4) is 11.3 Å². The molecule has 1 aromatic carbocycles. The summed E-state index contributed by atoms with van der Waals surface area (Å²) in [6.07, 6.45) is 0. The van der Waals surface area contributed by atoms with Crippen molar-refractivity contribution in [2.24, 2.45) is 5.73 Å². The van der Waals surface area contributed by atoms with E-state index in [2.05, 4.69) is 25.9 Å². The largest absolute Gasteiger partial charge is 0.335 e. The number of hydrogen-bond acceptors (Lipinski definition) is 2. The average molecular weight is 305 g/mol. The molecule has 0 saturated heterocycles. The van der Waals surface area contributed by atoms with Gasteiger partial charge in [0.05, 0.1) is 6.54 Å². The van der Waals surface area contributed by atoms with E-state index < -0.39 is 0 Å². The number of imidazole rings is 1. The summed E-state index contributed by atoms with van der Waals surface area (Å²) in [5, 5.41) is 0.459. The fourth-order valence-electron chi connectivity index (χ4n) is 1.35. The molecule has 0 unspecified atom stereocenters. The van der Waals surface area contributed by atoms with Gasteiger partial charge >= 0.3 is 0 Å². The minimum absolute atomic E-state index is 0.265. The predicted molar refractivity (Wildman–Crippen MR) is 64.6 cm³/mol. The van der Waals surface area contributed by atoms with Crippen LogP contribution in [0.3, 0.4) is 0 Å². The molecule has 0 amide bonds. The van der Waals surface area contributed by atoms with Crippen molar-refractivity contribution >= 4 is 27.5 Å². The molecule has 1 heterocycles. The molecule has 0 aliphatic heterocycles. The summed E-state index contributed by atoms with van der Waals surface area (Å²) < 4.78 is 14.2. The molecule has 2 rings (SSSR count). The second-order valence-corrected chi connectivity index (χ2v) is 4.40. The van der Waals surface area contributed by atoms with Gasteiger partial charge in [-0.1, -0.05) is 11.6 Å². The summed E-state index contributed by atoms with van der Waals surface area (Å²) in [5.74, 6) is 0.210. The Hall–Kier alpha value is -0.910. The van der Waals surface area contributed by atoms with E-state index in [1.165, 1.54) is 18.2 Å². The maximum Gasteiger partial charge on any atom is 0.132 e. The molecule has 0 fully saturated rings. The summed E-state index contributed by atoms with van der Waals surface area (Å²) in [6.45, 7) is 0.265. The number of rotatable bonds is 2. The maximum atomic E-state index is 13.6. The quantitative estimate of drug-likeness (QED) is 0.896. The fourth-order valence-corrected chi connectivity index (χ4v) is 2.06. The van der Waals surface area contributed by atoms with Crippen LogP contribution in [0.15, 0.2) is 22.8 Å². The van der Waals surface area contributed by atoms with E-state index >= 15 is 0 Å². The highest BCUT2D eigenvalue weighted by atomic mass is 79.9. The molecule has 1 aromatic heterocycles. The number of hydrogen-bond donors (Lipinski definition) is 2. The first-order valence-electron chi connectivity index (χ1n) is 4.51. The van der Waals surface area contributed by atoms with E-state index in [0.29, 0.717) is 26.7 Å². The van der Waals surface area contributed by atoms with Gasteiger partial charge in [-0.3, -0.25) is 0 Å². The van der Waals surface area contributed by atoms with Crippen LogP contribution in [-0.2, 0) is 6.54 Å². The number of halogens is 3. The number of benzene rings is 1. The smallest absolute Gasteiger partial charge is 0.132 e. The van der Waals surface area contributed by atoms with E-state index in [0.717, 1.165) is 0 Å². The first-order valence-corrected chi connectivity index (χ1v) is 5.68. The molecule has 84 valence electrons. The Morgan fingerprint density at radius 1 is 1.50 bits per heavy atom. The average Bonchev–Trinajstić information content (AvgIpc) is 2.63. The van der Waals surface area contributed by atoms with Crippen molar-refractivity contribution in [1.82, 2.24) is 9.97 Å². The third-order valence-electron chi connectivity index (χ3n) is 2.09. The highest BCUT2D eigenvalue weighted by Gasteiger charge is 2.13. The Labute approximate surface area is 105 Å². The Kier molecular flexibility index (Phi) is 3.28. The van der Waals surface area contributed by atoms with Crippen molar-refractivity contribution < 1.29 is 4.39 Å². The third kappa shape index (κ3) is 2.11. The van der Waals surface area contributed by atoms with E-state index in [1.807, 2.05) is 0 Å². The van der Waals surface area contributed by atoms with Crippen molar-refractivity contribution in [2.45, 2.75) is 6.54 Å².